The molecular formula is C10H13ClN2O. The summed E-state index contributed by atoms with van der Waals surface area (Å²) in [4.78, 5) is 10.9. The highest BCUT2D eigenvalue weighted by molar-refractivity contribution is 6.31. The van der Waals surface area contributed by atoms with Gasteiger partial charge in [-0.15, -0.1) is 0 Å². The largest absolute Gasteiger partial charge is 0.369 e. The van der Waals surface area contributed by atoms with E-state index < -0.39 is 0 Å². The van der Waals surface area contributed by atoms with Crippen LogP contribution in [-0.2, 0) is 11.2 Å². The molecule has 0 aliphatic rings. The van der Waals surface area contributed by atoms with E-state index in [0.717, 1.165) is 5.56 Å². The van der Waals surface area contributed by atoms with Gasteiger partial charge in [-0.05, 0) is 18.1 Å². The van der Waals surface area contributed by atoms with Gasteiger partial charge in [-0.1, -0.05) is 29.8 Å². The highest BCUT2D eigenvalue weighted by atomic mass is 35.5. The molecule has 1 aromatic carbocycles. The van der Waals surface area contributed by atoms with Crippen molar-refractivity contribution < 1.29 is 4.79 Å². The van der Waals surface area contributed by atoms with Gasteiger partial charge in [0.15, 0.2) is 0 Å². The van der Waals surface area contributed by atoms with E-state index in [1.165, 1.54) is 0 Å². The molecule has 0 spiro atoms. The molecule has 0 aliphatic carbocycles. The van der Waals surface area contributed by atoms with Crippen LogP contribution in [0.5, 0.6) is 0 Å². The summed E-state index contributed by atoms with van der Waals surface area (Å²) in [7, 11) is 0. The lowest BCUT2D eigenvalue weighted by molar-refractivity contribution is -0.121. The van der Waals surface area contributed by atoms with Crippen molar-refractivity contribution in [3.05, 3.63) is 34.9 Å². The zero-order valence-corrected chi connectivity index (χ0v) is 8.50. The van der Waals surface area contributed by atoms with Gasteiger partial charge in [0, 0.05) is 11.6 Å². The third-order valence-corrected chi connectivity index (χ3v) is 2.48. The van der Waals surface area contributed by atoms with Crippen molar-refractivity contribution >= 4 is 17.5 Å². The molecular weight excluding hydrogens is 200 g/mol. The van der Waals surface area contributed by atoms with Crippen LogP contribution >= 0.6 is 11.6 Å². The Morgan fingerprint density at radius 2 is 2.07 bits per heavy atom. The molecule has 0 aromatic heterocycles. The average Bonchev–Trinajstić information content (AvgIpc) is 2.16. The van der Waals surface area contributed by atoms with E-state index in [0.29, 0.717) is 11.4 Å². The molecule has 14 heavy (non-hydrogen) atoms. The minimum atomic E-state index is -0.382. The number of hydrogen-bond acceptors (Lipinski definition) is 2. The fourth-order valence-electron chi connectivity index (χ4n) is 1.23. The smallest absolute Gasteiger partial charge is 0.222 e. The molecule has 1 amide bonds. The Kier molecular flexibility index (Phi) is 3.92. The second-order valence-electron chi connectivity index (χ2n) is 3.13. The first-order chi connectivity index (χ1) is 6.65. The number of benzene rings is 1. The fourth-order valence-corrected chi connectivity index (χ4v) is 1.44. The van der Waals surface area contributed by atoms with Gasteiger partial charge in [-0.3, -0.25) is 4.79 Å². The second kappa shape index (κ2) is 4.98. The molecule has 76 valence electrons. The number of nitrogens with two attached hydrogens (primary N) is 2. The van der Waals surface area contributed by atoms with Crippen molar-refractivity contribution in [2.45, 2.75) is 6.42 Å². The maximum absolute atomic E-state index is 10.9. The van der Waals surface area contributed by atoms with Gasteiger partial charge >= 0.3 is 0 Å². The first-order valence-electron chi connectivity index (χ1n) is 4.38. The summed E-state index contributed by atoms with van der Waals surface area (Å²) in [5, 5.41) is 0.646. The molecule has 1 aromatic rings. The van der Waals surface area contributed by atoms with Crippen LogP contribution in [0.4, 0.5) is 0 Å². The summed E-state index contributed by atoms with van der Waals surface area (Å²) >= 11 is 5.94. The summed E-state index contributed by atoms with van der Waals surface area (Å²) in [6, 6.07) is 7.36. The quantitative estimate of drug-likeness (QED) is 0.780. The van der Waals surface area contributed by atoms with E-state index in [-0.39, 0.29) is 18.4 Å². The Morgan fingerprint density at radius 1 is 1.43 bits per heavy atom. The Bertz CT molecular complexity index is 328. The molecule has 0 saturated carbocycles. The maximum atomic E-state index is 10.9. The lowest BCUT2D eigenvalue weighted by atomic mass is 9.99. The number of hydrogen-bond donors (Lipinski definition) is 2. The normalized spacial score (nSPS) is 12.4. The summed E-state index contributed by atoms with van der Waals surface area (Å²) < 4.78 is 0. The fraction of sp³-hybridized carbons (Fsp3) is 0.300. The van der Waals surface area contributed by atoms with Gasteiger partial charge in [0.1, 0.15) is 0 Å². The van der Waals surface area contributed by atoms with Crippen LogP contribution in [0, 0.1) is 5.92 Å². The predicted octanol–water partition coefficient (Wildman–Crippen LogP) is 0.943. The Hall–Kier alpha value is -1.06. The van der Waals surface area contributed by atoms with Gasteiger partial charge in [0.25, 0.3) is 0 Å². The van der Waals surface area contributed by atoms with Crippen molar-refractivity contribution in [1.82, 2.24) is 0 Å². The average molecular weight is 213 g/mol. The van der Waals surface area contributed by atoms with E-state index in [2.05, 4.69) is 0 Å². The molecule has 0 unspecified atom stereocenters. The first kappa shape index (κ1) is 11.0. The van der Waals surface area contributed by atoms with Crippen molar-refractivity contribution in [1.29, 1.82) is 0 Å². The third kappa shape index (κ3) is 2.72. The van der Waals surface area contributed by atoms with E-state index in [1.54, 1.807) is 6.07 Å². The lowest BCUT2D eigenvalue weighted by Crippen LogP contribution is -2.31. The Labute approximate surface area is 88.0 Å². The van der Waals surface area contributed by atoms with E-state index in [1.807, 2.05) is 18.2 Å². The number of carbonyl (C=O) groups is 1. The van der Waals surface area contributed by atoms with Crippen molar-refractivity contribution in [3.63, 3.8) is 0 Å². The van der Waals surface area contributed by atoms with Crippen LogP contribution in [-0.4, -0.2) is 12.5 Å². The summed E-state index contributed by atoms with van der Waals surface area (Å²) in [5.74, 6) is -0.720. The van der Waals surface area contributed by atoms with Crippen LogP contribution in [0.2, 0.25) is 5.02 Å². The zero-order chi connectivity index (χ0) is 10.6. The Morgan fingerprint density at radius 3 is 2.57 bits per heavy atom. The van der Waals surface area contributed by atoms with Crippen molar-refractivity contribution in [2.24, 2.45) is 17.4 Å². The minimum absolute atomic E-state index is 0.251. The van der Waals surface area contributed by atoms with E-state index in [9.17, 15) is 4.79 Å². The second-order valence-corrected chi connectivity index (χ2v) is 3.54. The standard InChI is InChI=1S/C10H13ClN2O/c11-9-4-2-1-3-7(9)5-8(6-12)10(13)14/h1-4,8H,5-6,12H2,(H2,13,14)/t8-/m1/s1. The molecule has 0 heterocycles. The van der Waals surface area contributed by atoms with E-state index in [4.69, 9.17) is 23.1 Å². The predicted molar refractivity (Wildman–Crippen MR) is 56.9 cm³/mol. The van der Waals surface area contributed by atoms with Crippen LogP contribution in [0.15, 0.2) is 24.3 Å². The summed E-state index contributed by atoms with van der Waals surface area (Å²) in [5.41, 5.74) is 11.5. The van der Waals surface area contributed by atoms with Crippen LogP contribution < -0.4 is 11.5 Å². The van der Waals surface area contributed by atoms with Crippen LogP contribution in [0.25, 0.3) is 0 Å². The molecule has 4 N–H and O–H groups in total. The highest BCUT2D eigenvalue weighted by Gasteiger charge is 2.14. The van der Waals surface area contributed by atoms with Crippen LogP contribution in [0.3, 0.4) is 0 Å². The number of halogens is 1. The Balaban J connectivity index is 2.77. The number of amides is 1. The van der Waals surface area contributed by atoms with Gasteiger partial charge < -0.3 is 11.5 Å². The van der Waals surface area contributed by atoms with Gasteiger partial charge in [0.05, 0.1) is 5.92 Å². The lowest BCUT2D eigenvalue weighted by Gasteiger charge is -2.11. The molecule has 0 fully saturated rings. The zero-order valence-electron chi connectivity index (χ0n) is 7.74. The van der Waals surface area contributed by atoms with Crippen molar-refractivity contribution in [3.8, 4) is 0 Å². The van der Waals surface area contributed by atoms with Crippen molar-refractivity contribution in [2.75, 3.05) is 6.54 Å². The molecule has 0 radical (unpaired) electrons. The summed E-state index contributed by atoms with van der Waals surface area (Å²) in [6.07, 6.45) is 0.505. The molecule has 1 atom stereocenters. The van der Waals surface area contributed by atoms with Gasteiger partial charge in [0.2, 0.25) is 5.91 Å². The van der Waals surface area contributed by atoms with Crippen LogP contribution in [0.1, 0.15) is 5.56 Å². The number of rotatable bonds is 4. The summed E-state index contributed by atoms with van der Waals surface area (Å²) in [6.45, 7) is 0.251. The molecule has 0 aliphatic heterocycles. The van der Waals surface area contributed by atoms with E-state index >= 15 is 0 Å². The maximum Gasteiger partial charge on any atom is 0.222 e. The minimum Gasteiger partial charge on any atom is -0.369 e. The molecule has 0 saturated heterocycles. The molecule has 4 heteroatoms. The first-order valence-corrected chi connectivity index (χ1v) is 4.75. The molecule has 0 bridgehead atoms. The van der Waals surface area contributed by atoms with Gasteiger partial charge in [-0.25, -0.2) is 0 Å². The third-order valence-electron chi connectivity index (χ3n) is 2.11. The highest BCUT2D eigenvalue weighted by Crippen LogP contribution is 2.18. The monoisotopic (exact) mass is 212 g/mol. The number of primary amides is 1. The number of carbonyl (C=O) groups excluding carboxylic acids is 1. The topological polar surface area (TPSA) is 69.1 Å². The van der Waals surface area contributed by atoms with Gasteiger partial charge in [-0.2, -0.15) is 0 Å². The molecule has 3 nitrogen and oxygen atoms in total. The molecule has 1 rings (SSSR count). The SMILES string of the molecule is NC[C@@H](Cc1ccccc1Cl)C(N)=O.